The van der Waals surface area contributed by atoms with Crippen LogP contribution in [0.2, 0.25) is 0 Å². The van der Waals surface area contributed by atoms with E-state index in [1.54, 1.807) is 11.3 Å². The number of hydrogen-bond acceptors (Lipinski definition) is 4. The summed E-state index contributed by atoms with van der Waals surface area (Å²) in [4.78, 5) is 14.4. The number of aromatic hydroxyl groups is 1. The molecule has 0 unspecified atom stereocenters. The van der Waals surface area contributed by atoms with Gasteiger partial charge in [-0.1, -0.05) is 0 Å². The lowest BCUT2D eigenvalue weighted by Gasteiger charge is -2.33. The molecule has 6 heteroatoms. The van der Waals surface area contributed by atoms with Gasteiger partial charge in [-0.05, 0) is 55.9 Å². The fraction of sp³-hybridized carbons (Fsp3) is 0.611. The number of carbonyl (C=O) groups excluding carboxylic acids is 1. The molecule has 2 aromatic heterocycles. The van der Waals surface area contributed by atoms with E-state index in [1.807, 2.05) is 20.9 Å². The Morgan fingerprint density at radius 3 is 2.62 bits per heavy atom. The van der Waals surface area contributed by atoms with Crippen LogP contribution < -0.4 is 5.73 Å². The molecule has 1 atom stereocenters. The van der Waals surface area contributed by atoms with Gasteiger partial charge < -0.3 is 20.3 Å². The summed E-state index contributed by atoms with van der Waals surface area (Å²) in [5.41, 5.74) is 6.28. The Labute approximate surface area is 146 Å². The average molecular weight is 347 g/mol. The van der Waals surface area contributed by atoms with Crippen molar-refractivity contribution in [2.24, 2.45) is 11.7 Å². The first-order valence-electron chi connectivity index (χ1n) is 8.96. The fourth-order valence-electron chi connectivity index (χ4n) is 4.30. The van der Waals surface area contributed by atoms with Crippen molar-refractivity contribution in [2.45, 2.75) is 50.6 Å². The molecule has 1 saturated heterocycles. The molecule has 2 fully saturated rings. The van der Waals surface area contributed by atoms with Crippen LogP contribution in [0.1, 0.15) is 44.6 Å². The quantitative estimate of drug-likeness (QED) is 0.896. The third-order valence-electron chi connectivity index (χ3n) is 5.78. The van der Waals surface area contributed by atoms with E-state index in [4.69, 9.17) is 5.73 Å². The van der Waals surface area contributed by atoms with Gasteiger partial charge in [0.2, 0.25) is 5.91 Å². The van der Waals surface area contributed by atoms with Gasteiger partial charge in [0.25, 0.3) is 0 Å². The van der Waals surface area contributed by atoms with Crippen molar-refractivity contribution in [1.82, 2.24) is 9.47 Å². The molecule has 2 aromatic rings. The molecule has 4 rings (SSSR count). The Bertz CT molecular complexity index is 724. The van der Waals surface area contributed by atoms with Crippen molar-refractivity contribution < 1.29 is 9.90 Å². The monoisotopic (exact) mass is 347 g/mol. The predicted molar refractivity (Wildman–Crippen MR) is 96.3 cm³/mol. The number of thiophene rings is 1. The van der Waals surface area contributed by atoms with Gasteiger partial charge in [-0.15, -0.1) is 11.3 Å². The Kier molecular flexibility index (Phi) is 4.26. The molecule has 0 bridgehead atoms. The van der Waals surface area contributed by atoms with Gasteiger partial charge in [0.15, 0.2) is 5.88 Å². The van der Waals surface area contributed by atoms with Crippen molar-refractivity contribution in [2.75, 3.05) is 13.1 Å². The van der Waals surface area contributed by atoms with Crippen LogP contribution in [-0.2, 0) is 4.79 Å². The highest BCUT2D eigenvalue weighted by molar-refractivity contribution is 7.17. The molecule has 0 spiro atoms. The lowest BCUT2D eigenvalue weighted by molar-refractivity contribution is -0.133. The molecule has 1 aliphatic heterocycles. The normalized spacial score (nSPS) is 26.1. The van der Waals surface area contributed by atoms with E-state index >= 15 is 0 Å². The van der Waals surface area contributed by atoms with Crippen molar-refractivity contribution in [3.8, 4) is 5.88 Å². The van der Waals surface area contributed by atoms with Crippen LogP contribution in [0, 0.1) is 5.92 Å². The first-order chi connectivity index (χ1) is 11.6. The topological polar surface area (TPSA) is 71.5 Å². The van der Waals surface area contributed by atoms with E-state index in [0.717, 1.165) is 61.7 Å². The minimum Gasteiger partial charge on any atom is -0.494 e. The van der Waals surface area contributed by atoms with E-state index in [1.165, 1.54) is 0 Å². The Balaban J connectivity index is 1.40. The highest BCUT2D eigenvalue weighted by Gasteiger charge is 2.33. The molecule has 3 heterocycles. The predicted octanol–water partition coefficient (Wildman–Crippen LogP) is 3.09. The van der Waals surface area contributed by atoms with Crippen LogP contribution in [-0.4, -0.2) is 39.6 Å². The summed E-state index contributed by atoms with van der Waals surface area (Å²) in [7, 11) is 0. The Hall–Kier alpha value is -1.53. The maximum atomic E-state index is 12.5. The van der Waals surface area contributed by atoms with Crippen molar-refractivity contribution >= 4 is 27.3 Å². The van der Waals surface area contributed by atoms with Gasteiger partial charge >= 0.3 is 0 Å². The lowest BCUT2D eigenvalue weighted by Crippen LogP contribution is -2.47. The number of hydrogen-bond donors (Lipinski definition) is 2. The molecule has 24 heavy (non-hydrogen) atoms. The van der Waals surface area contributed by atoms with Gasteiger partial charge in [-0.3, -0.25) is 4.79 Å². The van der Waals surface area contributed by atoms with Gasteiger partial charge in [0, 0.05) is 25.3 Å². The number of aromatic nitrogens is 1. The molecule has 1 amide bonds. The summed E-state index contributed by atoms with van der Waals surface area (Å²) in [6.07, 6.45) is 8.13. The number of rotatable bonds is 3. The second-order valence-corrected chi connectivity index (χ2v) is 8.13. The molecule has 2 aliphatic rings. The average Bonchev–Trinajstić information content (AvgIpc) is 3.33. The number of nitrogens with two attached hydrogens (primary N) is 1. The molecule has 0 radical (unpaired) electrons. The zero-order valence-electron chi connectivity index (χ0n) is 13.9. The standard InChI is InChI=1S/C18H25N3O2S/c19-16(18(23)20-8-1-2-9-20)12-3-5-13(6-4-12)21-11-15-14(17(21)22)7-10-24-15/h7,10-13,16,22H,1-6,8-9,19H2/t12?,13?,16-/m0/s1. The third kappa shape index (κ3) is 2.71. The van der Waals surface area contributed by atoms with E-state index < -0.39 is 0 Å². The number of likely N-dealkylation sites (tertiary alicyclic amines) is 1. The molecular weight excluding hydrogens is 322 g/mol. The van der Waals surface area contributed by atoms with Crippen LogP contribution in [0.15, 0.2) is 17.6 Å². The summed E-state index contributed by atoms with van der Waals surface area (Å²) in [6, 6.07) is 1.93. The van der Waals surface area contributed by atoms with Crippen LogP contribution in [0.4, 0.5) is 0 Å². The minimum absolute atomic E-state index is 0.139. The summed E-state index contributed by atoms with van der Waals surface area (Å²) in [6.45, 7) is 1.74. The highest BCUT2D eigenvalue weighted by Crippen LogP contribution is 2.40. The molecular formula is C18H25N3O2S. The molecule has 0 aromatic carbocycles. The first kappa shape index (κ1) is 16.0. The van der Waals surface area contributed by atoms with Crippen LogP contribution in [0.5, 0.6) is 5.88 Å². The second-order valence-electron chi connectivity index (χ2n) is 7.19. The van der Waals surface area contributed by atoms with Crippen molar-refractivity contribution in [1.29, 1.82) is 0 Å². The van der Waals surface area contributed by atoms with Crippen molar-refractivity contribution in [3.05, 3.63) is 17.6 Å². The van der Waals surface area contributed by atoms with Gasteiger partial charge in [-0.25, -0.2) is 0 Å². The summed E-state index contributed by atoms with van der Waals surface area (Å²) >= 11 is 1.66. The van der Waals surface area contributed by atoms with Crippen LogP contribution in [0.3, 0.4) is 0 Å². The second kappa shape index (κ2) is 6.41. The summed E-state index contributed by atoms with van der Waals surface area (Å²) in [5, 5.41) is 13.4. The maximum absolute atomic E-state index is 12.5. The van der Waals surface area contributed by atoms with Crippen molar-refractivity contribution in [3.63, 3.8) is 0 Å². The van der Waals surface area contributed by atoms with E-state index in [2.05, 4.69) is 6.20 Å². The molecule has 5 nitrogen and oxygen atoms in total. The third-order valence-corrected chi connectivity index (χ3v) is 6.63. The number of amides is 1. The van der Waals surface area contributed by atoms with Gasteiger partial charge in [0.05, 0.1) is 16.1 Å². The summed E-state index contributed by atoms with van der Waals surface area (Å²) < 4.78 is 3.15. The first-order valence-corrected chi connectivity index (χ1v) is 9.84. The lowest BCUT2D eigenvalue weighted by atomic mass is 9.81. The van der Waals surface area contributed by atoms with Gasteiger partial charge in [0.1, 0.15) is 0 Å². The summed E-state index contributed by atoms with van der Waals surface area (Å²) in [5.74, 6) is 0.792. The minimum atomic E-state index is -0.356. The molecule has 1 aliphatic carbocycles. The van der Waals surface area contributed by atoms with E-state index in [9.17, 15) is 9.90 Å². The highest BCUT2D eigenvalue weighted by atomic mass is 32.1. The zero-order chi connectivity index (χ0) is 16.7. The zero-order valence-corrected chi connectivity index (χ0v) is 14.7. The Morgan fingerprint density at radius 1 is 1.25 bits per heavy atom. The number of carbonyl (C=O) groups is 1. The largest absolute Gasteiger partial charge is 0.494 e. The van der Waals surface area contributed by atoms with Gasteiger partial charge in [-0.2, -0.15) is 0 Å². The Morgan fingerprint density at radius 2 is 1.96 bits per heavy atom. The number of fused-ring (bicyclic) bond motifs is 1. The van der Waals surface area contributed by atoms with Crippen LogP contribution in [0.25, 0.3) is 10.1 Å². The molecule has 3 N–H and O–H groups in total. The molecule has 130 valence electrons. The SMILES string of the molecule is N[C@H](C(=O)N1CCCC1)C1CCC(n2cc3sccc3c2O)CC1. The van der Waals surface area contributed by atoms with E-state index in [0.29, 0.717) is 11.9 Å². The smallest absolute Gasteiger partial charge is 0.239 e. The number of nitrogens with zero attached hydrogens (tertiary/aromatic N) is 2. The van der Waals surface area contributed by atoms with Crippen LogP contribution >= 0.6 is 11.3 Å². The van der Waals surface area contributed by atoms with E-state index in [-0.39, 0.29) is 17.9 Å². The maximum Gasteiger partial charge on any atom is 0.239 e. The fourth-order valence-corrected chi connectivity index (χ4v) is 5.11. The molecule has 1 saturated carbocycles.